The van der Waals surface area contributed by atoms with Crippen LogP contribution in [0.15, 0.2) is 35.2 Å². The van der Waals surface area contributed by atoms with Gasteiger partial charge in [0.05, 0.1) is 26.3 Å². The highest BCUT2D eigenvalue weighted by atomic mass is 35.5. The molecule has 0 spiro atoms. The highest BCUT2D eigenvalue weighted by Crippen LogP contribution is 2.32. The van der Waals surface area contributed by atoms with Crippen molar-refractivity contribution in [2.24, 2.45) is 0 Å². The molecule has 0 fully saturated rings. The standard InChI is InChI=1S/C13H11Cl3N2O2S/c1-7-9(14)3-2-4-12(7)21(19,20)18-8-5-10(15)13(17)11(16)6-8/h2-6,18H,17H2,1H3. The molecule has 21 heavy (non-hydrogen) atoms. The molecule has 0 aliphatic carbocycles. The van der Waals surface area contributed by atoms with E-state index >= 15 is 0 Å². The smallest absolute Gasteiger partial charge is 0.262 e. The average molecular weight is 366 g/mol. The van der Waals surface area contributed by atoms with Crippen molar-refractivity contribution in [3.05, 3.63) is 51.0 Å². The zero-order valence-electron chi connectivity index (χ0n) is 10.8. The summed E-state index contributed by atoms with van der Waals surface area (Å²) in [5, 5.41) is 0.706. The Labute approximate surface area is 137 Å². The molecule has 8 heteroatoms. The van der Waals surface area contributed by atoms with Gasteiger partial charge < -0.3 is 5.73 Å². The van der Waals surface area contributed by atoms with Crippen molar-refractivity contribution >= 4 is 56.2 Å². The number of hydrogen-bond donors (Lipinski definition) is 2. The summed E-state index contributed by atoms with van der Waals surface area (Å²) in [4.78, 5) is 0.0825. The van der Waals surface area contributed by atoms with Gasteiger partial charge in [-0.15, -0.1) is 0 Å². The summed E-state index contributed by atoms with van der Waals surface area (Å²) in [6.45, 7) is 1.62. The van der Waals surface area contributed by atoms with Gasteiger partial charge >= 0.3 is 0 Å². The predicted octanol–water partition coefficient (Wildman–Crippen LogP) is 4.34. The third-order valence-corrected chi connectivity index (χ3v) is 5.40. The first-order valence-electron chi connectivity index (χ1n) is 5.75. The predicted molar refractivity (Wildman–Crippen MR) is 87.9 cm³/mol. The van der Waals surface area contributed by atoms with Gasteiger partial charge in [-0.3, -0.25) is 4.72 Å². The molecule has 0 bridgehead atoms. The molecule has 2 aromatic carbocycles. The first-order valence-corrected chi connectivity index (χ1v) is 8.36. The maximum absolute atomic E-state index is 12.4. The van der Waals surface area contributed by atoms with Gasteiger partial charge in [0.15, 0.2) is 0 Å². The van der Waals surface area contributed by atoms with Crippen LogP contribution in [0.25, 0.3) is 0 Å². The van der Waals surface area contributed by atoms with E-state index in [-0.39, 0.29) is 26.3 Å². The molecule has 0 amide bonds. The fourth-order valence-electron chi connectivity index (χ4n) is 1.73. The molecule has 0 heterocycles. The van der Waals surface area contributed by atoms with Gasteiger partial charge in [-0.05, 0) is 36.8 Å². The van der Waals surface area contributed by atoms with E-state index in [0.717, 1.165) is 0 Å². The average Bonchev–Trinajstić information content (AvgIpc) is 2.38. The number of sulfonamides is 1. The highest BCUT2D eigenvalue weighted by Gasteiger charge is 2.19. The van der Waals surface area contributed by atoms with Gasteiger partial charge in [0.25, 0.3) is 10.0 Å². The van der Waals surface area contributed by atoms with E-state index in [9.17, 15) is 8.42 Å². The molecule has 112 valence electrons. The molecule has 0 aliphatic heterocycles. The number of benzene rings is 2. The zero-order chi connectivity index (χ0) is 15.8. The lowest BCUT2D eigenvalue weighted by Crippen LogP contribution is -2.14. The van der Waals surface area contributed by atoms with E-state index in [4.69, 9.17) is 40.5 Å². The second-order valence-corrected chi connectivity index (χ2v) is 7.19. The Morgan fingerprint density at radius 3 is 2.19 bits per heavy atom. The molecule has 2 rings (SSSR count). The van der Waals surface area contributed by atoms with Crippen LogP contribution in [0.3, 0.4) is 0 Å². The van der Waals surface area contributed by atoms with Crippen LogP contribution in [0.5, 0.6) is 0 Å². The maximum atomic E-state index is 12.4. The largest absolute Gasteiger partial charge is 0.396 e. The lowest BCUT2D eigenvalue weighted by molar-refractivity contribution is 0.600. The fraction of sp³-hybridized carbons (Fsp3) is 0.0769. The first-order chi connectivity index (χ1) is 9.72. The van der Waals surface area contributed by atoms with Crippen LogP contribution in [-0.4, -0.2) is 8.42 Å². The summed E-state index contributed by atoms with van der Waals surface area (Å²) in [5.74, 6) is 0. The second kappa shape index (κ2) is 5.93. The zero-order valence-corrected chi connectivity index (χ0v) is 13.9. The minimum absolute atomic E-state index is 0.0825. The summed E-state index contributed by atoms with van der Waals surface area (Å²) in [7, 11) is -3.81. The Morgan fingerprint density at radius 2 is 1.62 bits per heavy atom. The minimum Gasteiger partial charge on any atom is -0.396 e. The van der Waals surface area contributed by atoms with E-state index in [2.05, 4.69) is 4.72 Å². The lowest BCUT2D eigenvalue weighted by Gasteiger charge is -2.12. The van der Waals surface area contributed by atoms with E-state index in [1.807, 2.05) is 0 Å². The number of halogens is 3. The second-order valence-electron chi connectivity index (χ2n) is 4.32. The highest BCUT2D eigenvalue weighted by molar-refractivity contribution is 7.92. The van der Waals surface area contributed by atoms with Crippen molar-refractivity contribution in [3.63, 3.8) is 0 Å². The molecule has 4 nitrogen and oxygen atoms in total. The Bertz CT molecular complexity index is 784. The Kier molecular flexibility index (Phi) is 4.58. The summed E-state index contributed by atoms with van der Waals surface area (Å²) < 4.78 is 27.2. The molecule has 0 radical (unpaired) electrons. The van der Waals surface area contributed by atoms with Crippen LogP contribution in [0.1, 0.15) is 5.56 Å². The molecule has 0 saturated carbocycles. The molecule has 0 unspecified atom stereocenters. The van der Waals surface area contributed by atoms with E-state index < -0.39 is 10.0 Å². The van der Waals surface area contributed by atoms with Gasteiger partial charge in [0.2, 0.25) is 0 Å². The van der Waals surface area contributed by atoms with Crippen molar-refractivity contribution in [3.8, 4) is 0 Å². The third-order valence-electron chi connectivity index (χ3n) is 2.84. The van der Waals surface area contributed by atoms with Crippen LogP contribution >= 0.6 is 34.8 Å². The Hall–Kier alpha value is -1.14. The van der Waals surface area contributed by atoms with Crippen LogP contribution in [0.2, 0.25) is 15.1 Å². The number of rotatable bonds is 3. The maximum Gasteiger partial charge on any atom is 0.262 e. The SMILES string of the molecule is Cc1c(Cl)cccc1S(=O)(=O)Nc1cc(Cl)c(N)c(Cl)c1. The molecule has 2 aromatic rings. The van der Waals surface area contributed by atoms with E-state index in [1.54, 1.807) is 19.1 Å². The third kappa shape index (κ3) is 3.37. The van der Waals surface area contributed by atoms with Gasteiger partial charge in [0.1, 0.15) is 0 Å². The van der Waals surface area contributed by atoms with Crippen LogP contribution < -0.4 is 10.5 Å². The van der Waals surface area contributed by atoms with Crippen LogP contribution in [0, 0.1) is 6.92 Å². The Balaban J connectivity index is 2.45. The fourth-order valence-corrected chi connectivity index (χ4v) is 3.76. The number of nitrogen functional groups attached to an aromatic ring is 1. The van der Waals surface area contributed by atoms with Crippen molar-refractivity contribution in [1.82, 2.24) is 0 Å². The number of nitrogens with one attached hydrogen (secondary N) is 1. The summed E-state index contributed by atoms with van der Waals surface area (Å²) in [6.07, 6.45) is 0. The monoisotopic (exact) mass is 364 g/mol. The van der Waals surface area contributed by atoms with Crippen molar-refractivity contribution in [2.75, 3.05) is 10.5 Å². The molecular weight excluding hydrogens is 355 g/mol. The molecule has 0 aliphatic rings. The molecule has 0 saturated heterocycles. The van der Waals surface area contributed by atoms with E-state index in [1.165, 1.54) is 18.2 Å². The molecule has 0 aromatic heterocycles. The molecule has 3 N–H and O–H groups in total. The first kappa shape index (κ1) is 16.2. The van der Waals surface area contributed by atoms with Crippen molar-refractivity contribution in [2.45, 2.75) is 11.8 Å². The van der Waals surface area contributed by atoms with Gasteiger partial charge in [-0.25, -0.2) is 8.42 Å². The lowest BCUT2D eigenvalue weighted by atomic mass is 10.2. The molecular formula is C13H11Cl3N2O2S. The molecule has 0 atom stereocenters. The summed E-state index contributed by atoms with van der Waals surface area (Å²) >= 11 is 17.7. The summed E-state index contributed by atoms with van der Waals surface area (Å²) in [6, 6.07) is 7.42. The van der Waals surface area contributed by atoms with Gasteiger partial charge in [-0.1, -0.05) is 40.9 Å². The topological polar surface area (TPSA) is 72.2 Å². The van der Waals surface area contributed by atoms with E-state index in [0.29, 0.717) is 10.6 Å². The van der Waals surface area contributed by atoms with Crippen molar-refractivity contribution in [1.29, 1.82) is 0 Å². The van der Waals surface area contributed by atoms with Crippen molar-refractivity contribution < 1.29 is 8.42 Å². The van der Waals surface area contributed by atoms with Crippen LogP contribution in [0.4, 0.5) is 11.4 Å². The number of anilines is 2. The number of nitrogens with two attached hydrogens (primary N) is 1. The van der Waals surface area contributed by atoms with Gasteiger partial charge in [0, 0.05) is 5.02 Å². The van der Waals surface area contributed by atoms with Crippen LogP contribution in [-0.2, 0) is 10.0 Å². The van der Waals surface area contributed by atoms with Gasteiger partial charge in [-0.2, -0.15) is 0 Å². The normalized spacial score (nSPS) is 11.4. The number of hydrogen-bond acceptors (Lipinski definition) is 3. The minimum atomic E-state index is -3.81. The summed E-state index contributed by atoms with van der Waals surface area (Å²) in [5.41, 5.74) is 6.48. The quantitative estimate of drug-likeness (QED) is 0.795. The Morgan fingerprint density at radius 1 is 1.05 bits per heavy atom.